The van der Waals surface area contributed by atoms with Crippen LogP contribution in [0.5, 0.6) is 0 Å². The number of nitrogens with zero attached hydrogens (tertiary/aromatic N) is 1. The van der Waals surface area contributed by atoms with E-state index >= 15 is 0 Å². The molecule has 2 amide bonds. The maximum atomic E-state index is 13.6. The zero-order chi connectivity index (χ0) is 23.1. The Kier molecular flexibility index (Phi) is 5.67. The van der Waals surface area contributed by atoms with E-state index in [2.05, 4.69) is 0 Å². The first kappa shape index (κ1) is 22.2. The van der Waals surface area contributed by atoms with Crippen molar-refractivity contribution in [1.82, 2.24) is 4.90 Å². The fourth-order valence-corrected chi connectivity index (χ4v) is 6.90. The predicted molar refractivity (Wildman–Crippen MR) is 117 cm³/mol. The van der Waals surface area contributed by atoms with E-state index in [1.807, 2.05) is 6.07 Å². The Morgan fingerprint density at radius 1 is 1.00 bits per heavy atom. The van der Waals surface area contributed by atoms with E-state index in [9.17, 15) is 22.8 Å². The third-order valence-corrected chi connectivity index (χ3v) is 8.98. The molecule has 0 atom stereocenters. The monoisotopic (exact) mass is 455 g/mol. The lowest BCUT2D eigenvalue weighted by Gasteiger charge is -2.28. The third-order valence-electron chi connectivity index (χ3n) is 6.36. The minimum atomic E-state index is -3.99. The smallest absolute Gasteiger partial charge is 0.327 e. The zero-order valence-electron chi connectivity index (χ0n) is 18.1. The number of benzene rings is 2. The number of ether oxygens (including phenoxy) is 1. The summed E-state index contributed by atoms with van der Waals surface area (Å²) in [5, 5.41) is 0. The quantitative estimate of drug-likeness (QED) is 0.490. The van der Waals surface area contributed by atoms with Crippen LogP contribution < -0.4 is 0 Å². The topological polar surface area (TPSA) is 97.8 Å². The van der Waals surface area contributed by atoms with Gasteiger partial charge in [0.25, 0.3) is 11.8 Å². The summed E-state index contributed by atoms with van der Waals surface area (Å²) >= 11 is 0. The molecular formula is C24H25NO6S. The van der Waals surface area contributed by atoms with Crippen LogP contribution in [0.15, 0.2) is 47.4 Å². The standard InChI is InChI=1S/C24H25NO6S/c1-16-9-10-17(2)20(15-16)32(29,30)24(11-5-6-12-24)23(28)31-14-13-25-21(26)18-7-3-4-8-19(18)22(25)27/h3-4,7-10,15H,5-6,11-14H2,1-2H3. The molecule has 1 aliphatic heterocycles. The molecular weight excluding hydrogens is 430 g/mol. The number of amides is 2. The van der Waals surface area contributed by atoms with Crippen molar-refractivity contribution >= 4 is 27.6 Å². The van der Waals surface area contributed by atoms with Crippen LogP contribution in [0.2, 0.25) is 0 Å². The number of sulfone groups is 1. The van der Waals surface area contributed by atoms with Gasteiger partial charge >= 0.3 is 5.97 Å². The molecule has 2 aromatic rings. The maximum Gasteiger partial charge on any atom is 0.327 e. The van der Waals surface area contributed by atoms with Crippen molar-refractivity contribution in [2.45, 2.75) is 49.2 Å². The Hall–Kier alpha value is -3.00. The Morgan fingerprint density at radius 3 is 2.19 bits per heavy atom. The summed E-state index contributed by atoms with van der Waals surface area (Å²) < 4.78 is 31.0. The lowest BCUT2D eigenvalue weighted by Crippen LogP contribution is -2.46. The minimum Gasteiger partial charge on any atom is -0.463 e. The first-order valence-corrected chi connectivity index (χ1v) is 12.1. The average molecular weight is 456 g/mol. The van der Waals surface area contributed by atoms with Crippen LogP contribution in [0.4, 0.5) is 0 Å². The van der Waals surface area contributed by atoms with Crippen molar-refractivity contribution in [3.8, 4) is 0 Å². The molecule has 1 heterocycles. The minimum absolute atomic E-state index is 0.127. The summed E-state index contributed by atoms with van der Waals surface area (Å²) in [7, 11) is -3.99. The average Bonchev–Trinajstić information content (AvgIpc) is 3.37. The second-order valence-electron chi connectivity index (χ2n) is 8.42. The van der Waals surface area contributed by atoms with Gasteiger partial charge in [0, 0.05) is 0 Å². The van der Waals surface area contributed by atoms with Crippen molar-refractivity contribution in [3.05, 3.63) is 64.7 Å². The highest BCUT2D eigenvalue weighted by Gasteiger charge is 2.54. The van der Waals surface area contributed by atoms with E-state index in [4.69, 9.17) is 4.74 Å². The van der Waals surface area contributed by atoms with E-state index < -0.39 is 32.4 Å². The fraction of sp³-hybridized carbons (Fsp3) is 0.375. The summed E-state index contributed by atoms with van der Waals surface area (Å²) in [5.41, 5.74) is 2.00. The molecule has 32 heavy (non-hydrogen) atoms. The number of fused-ring (bicyclic) bond motifs is 1. The fourth-order valence-electron chi connectivity index (χ4n) is 4.54. The normalized spacial score (nSPS) is 17.5. The number of esters is 1. The van der Waals surface area contributed by atoms with E-state index in [1.54, 1.807) is 50.2 Å². The molecule has 0 saturated heterocycles. The van der Waals surface area contributed by atoms with E-state index in [0.29, 0.717) is 29.5 Å². The predicted octanol–water partition coefficient (Wildman–Crippen LogP) is 3.23. The maximum absolute atomic E-state index is 13.6. The Labute approximate surface area is 187 Å². The largest absolute Gasteiger partial charge is 0.463 e. The van der Waals surface area contributed by atoms with Gasteiger partial charge in [0.05, 0.1) is 22.6 Å². The van der Waals surface area contributed by atoms with Gasteiger partial charge in [0.2, 0.25) is 0 Å². The van der Waals surface area contributed by atoms with E-state index in [-0.39, 0.29) is 30.9 Å². The summed E-state index contributed by atoms with van der Waals surface area (Å²) in [6.07, 6.45) is 1.60. The molecule has 168 valence electrons. The van der Waals surface area contributed by atoms with Crippen molar-refractivity contribution in [2.75, 3.05) is 13.2 Å². The molecule has 1 saturated carbocycles. The highest BCUT2D eigenvalue weighted by molar-refractivity contribution is 7.93. The van der Waals surface area contributed by atoms with Crippen LogP contribution in [0.1, 0.15) is 57.5 Å². The van der Waals surface area contributed by atoms with Crippen molar-refractivity contribution in [2.24, 2.45) is 0 Å². The number of rotatable bonds is 6. The number of carbonyl (C=O) groups is 3. The first-order valence-electron chi connectivity index (χ1n) is 10.6. The van der Waals surface area contributed by atoms with Gasteiger partial charge in [-0.25, -0.2) is 8.42 Å². The molecule has 0 bridgehead atoms. The summed E-state index contributed by atoms with van der Waals surface area (Å²) in [4.78, 5) is 39.3. The van der Waals surface area contributed by atoms with Gasteiger partial charge in [0.1, 0.15) is 6.61 Å². The summed E-state index contributed by atoms with van der Waals surface area (Å²) in [6.45, 7) is 3.13. The van der Waals surface area contributed by atoms with Crippen molar-refractivity contribution in [3.63, 3.8) is 0 Å². The van der Waals surface area contributed by atoms with Gasteiger partial charge in [-0.3, -0.25) is 19.3 Å². The molecule has 0 spiro atoms. The molecule has 2 aliphatic rings. The van der Waals surface area contributed by atoms with Crippen LogP contribution in [-0.4, -0.2) is 49.0 Å². The van der Waals surface area contributed by atoms with Crippen LogP contribution in [-0.2, 0) is 19.4 Å². The van der Waals surface area contributed by atoms with Gasteiger partial charge in [0.15, 0.2) is 14.6 Å². The lowest BCUT2D eigenvalue weighted by atomic mass is 10.1. The van der Waals surface area contributed by atoms with Crippen LogP contribution >= 0.6 is 0 Å². The molecule has 0 unspecified atom stereocenters. The molecule has 0 aromatic heterocycles. The highest BCUT2D eigenvalue weighted by atomic mass is 32.2. The van der Waals surface area contributed by atoms with Gasteiger partial charge in [-0.1, -0.05) is 37.1 Å². The SMILES string of the molecule is Cc1ccc(C)c(S(=O)(=O)C2(C(=O)OCCN3C(=O)c4ccccc4C3=O)CCCC2)c1. The lowest BCUT2D eigenvalue weighted by molar-refractivity contribution is -0.146. The van der Waals surface area contributed by atoms with Crippen molar-refractivity contribution < 1.29 is 27.5 Å². The molecule has 0 radical (unpaired) electrons. The van der Waals surface area contributed by atoms with Gasteiger partial charge in [-0.15, -0.1) is 0 Å². The third kappa shape index (κ3) is 3.43. The number of hydrogen-bond donors (Lipinski definition) is 0. The van der Waals surface area contributed by atoms with Gasteiger partial charge in [-0.2, -0.15) is 0 Å². The number of carbonyl (C=O) groups excluding carboxylic acids is 3. The van der Waals surface area contributed by atoms with Crippen LogP contribution in [0.3, 0.4) is 0 Å². The Balaban J connectivity index is 1.52. The molecule has 4 rings (SSSR count). The second kappa shape index (κ2) is 8.16. The molecule has 7 nitrogen and oxygen atoms in total. The van der Waals surface area contributed by atoms with E-state index in [1.165, 1.54) is 0 Å². The molecule has 2 aromatic carbocycles. The molecule has 8 heteroatoms. The number of imide groups is 1. The van der Waals surface area contributed by atoms with Crippen LogP contribution in [0.25, 0.3) is 0 Å². The second-order valence-corrected chi connectivity index (χ2v) is 10.6. The Morgan fingerprint density at radius 2 is 1.59 bits per heavy atom. The Bertz CT molecular complexity index is 1180. The summed E-state index contributed by atoms with van der Waals surface area (Å²) in [5.74, 6) is -1.70. The summed E-state index contributed by atoms with van der Waals surface area (Å²) in [6, 6.07) is 11.7. The number of hydrogen-bond acceptors (Lipinski definition) is 6. The molecule has 1 aliphatic carbocycles. The zero-order valence-corrected chi connectivity index (χ0v) is 18.9. The number of aryl methyl sites for hydroxylation is 2. The van der Waals surface area contributed by atoms with E-state index in [0.717, 1.165) is 10.5 Å². The highest BCUT2D eigenvalue weighted by Crippen LogP contribution is 2.42. The van der Waals surface area contributed by atoms with Crippen LogP contribution in [0, 0.1) is 13.8 Å². The van der Waals surface area contributed by atoms with Gasteiger partial charge in [-0.05, 0) is 56.0 Å². The molecule has 1 fully saturated rings. The molecule has 0 N–H and O–H groups in total. The van der Waals surface area contributed by atoms with Gasteiger partial charge < -0.3 is 4.74 Å². The van der Waals surface area contributed by atoms with Crippen molar-refractivity contribution in [1.29, 1.82) is 0 Å². The first-order chi connectivity index (χ1) is 15.2.